The third kappa shape index (κ3) is 5.39. The van der Waals surface area contributed by atoms with Gasteiger partial charge in [0.1, 0.15) is 5.75 Å². The Labute approximate surface area is 219 Å². The minimum Gasteiger partial charge on any atom is -0.497 e. The Balaban J connectivity index is 1.35. The Morgan fingerprint density at radius 2 is 1.65 bits per heavy atom. The molecule has 4 aromatic carbocycles. The number of fused-ring (bicyclic) bond motifs is 1. The fraction of sp³-hybridized carbons (Fsp3) is 0.103. The smallest absolute Gasteiger partial charge is 0.250 e. The van der Waals surface area contributed by atoms with Crippen LogP contribution in [0.1, 0.15) is 12.5 Å². The molecule has 0 aliphatic rings. The number of nitrogens with zero attached hydrogens (tertiary/aromatic N) is 4. The number of carbonyl (C=O) groups excluding carboxylic acids is 1. The summed E-state index contributed by atoms with van der Waals surface area (Å²) in [5.41, 5.74) is 6.21. The Morgan fingerprint density at radius 3 is 2.43 bits per heavy atom. The molecule has 0 fully saturated rings. The number of amides is 1. The van der Waals surface area contributed by atoms with Gasteiger partial charge in [-0.15, -0.1) is 10.2 Å². The second kappa shape index (κ2) is 11.1. The van der Waals surface area contributed by atoms with E-state index in [4.69, 9.17) is 4.74 Å². The second-order valence-corrected chi connectivity index (χ2v) is 9.20. The predicted octanol–water partition coefficient (Wildman–Crippen LogP) is 5.73. The average molecular weight is 508 g/mol. The monoisotopic (exact) mass is 507 g/mol. The van der Waals surface area contributed by atoms with Crippen molar-refractivity contribution < 1.29 is 9.53 Å². The molecule has 0 aliphatic carbocycles. The van der Waals surface area contributed by atoms with Crippen LogP contribution in [-0.4, -0.2) is 39.2 Å². The van der Waals surface area contributed by atoms with E-state index in [1.54, 1.807) is 7.11 Å². The number of hydrazone groups is 1. The molecule has 0 radical (unpaired) electrons. The highest BCUT2D eigenvalue weighted by molar-refractivity contribution is 7.99. The zero-order valence-electron chi connectivity index (χ0n) is 20.5. The number of rotatable bonds is 8. The van der Waals surface area contributed by atoms with Crippen LogP contribution in [-0.2, 0) is 4.79 Å². The van der Waals surface area contributed by atoms with Gasteiger partial charge in [-0.1, -0.05) is 84.6 Å². The summed E-state index contributed by atoms with van der Waals surface area (Å²) in [6.45, 7) is 1.89. The molecule has 37 heavy (non-hydrogen) atoms. The number of thioether (sulfide) groups is 1. The molecule has 5 rings (SSSR count). The summed E-state index contributed by atoms with van der Waals surface area (Å²) in [5, 5.41) is 16.0. The Morgan fingerprint density at radius 1 is 0.919 bits per heavy atom. The van der Waals surface area contributed by atoms with Gasteiger partial charge in [0.25, 0.3) is 5.91 Å². The molecule has 1 N–H and O–H groups in total. The third-order valence-electron chi connectivity index (χ3n) is 5.86. The Hall–Kier alpha value is -4.43. The van der Waals surface area contributed by atoms with Crippen molar-refractivity contribution in [3.8, 4) is 22.8 Å². The molecule has 184 valence electrons. The first-order chi connectivity index (χ1) is 18.1. The van der Waals surface area contributed by atoms with Gasteiger partial charge in [-0.25, -0.2) is 5.43 Å². The van der Waals surface area contributed by atoms with Crippen LogP contribution in [0.3, 0.4) is 0 Å². The molecule has 1 heterocycles. The highest BCUT2D eigenvalue weighted by Crippen LogP contribution is 2.29. The SMILES string of the molecule is COc1ccc(-n2c(SCC(=O)N/N=C(\C)c3cccc4ccccc34)nnc2-c2ccccc2)cc1. The summed E-state index contributed by atoms with van der Waals surface area (Å²) in [4.78, 5) is 12.7. The van der Waals surface area contributed by atoms with E-state index in [0.29, 0.717) is 11.0 Å². The molecule has 8 heteroatoms. The molecule has 0 bridgehead atoms. The summed E-state index contributed by atoms with van der Waals surface area (Å²) in [7, 11) is 1.63. The lowest BCUT2D eigenvalue weighted by atomic mass is 10.0. The van der Waals surface area contributed by atoms with E-state index in [9.17, 15) is 4.79 Å². The van der Waals surface area contributed by atoms with Gasteiger partial charge >= 0.3 is 0 Å². The summed E-state index contributed by atoms with van der Waals surface area (Å²) in [6.07, 6.45) is 0. The zero-order chi connectivity index (χ0) is 25.6. The highest BCUT2D eigenvalue weighted by atomic mass is 32.2. The first-order valence-corrected chi connectivity index (χ1v) is 12.7. The van der Waals surface area contributed by atoms with Crippen LogP contribution in [0.5, 0.6) is 5.75 Å². The third-order valence-corrected chi connectivity index (χ3v) is 6.79. The minimum absolute atomic E-state index is 0.134. The Kier molecular flexibility index (Phi) is 7.28. The van der Waals surface area contributed by atoms with Gasteiger partial charge < -0.3 is 4.74 Å². The van der Waals surface area contributed by atoms with Crippen molar-refractivity contribution in [2.24, 2.45) is 5.10 Å². The summed E-state index contributed by atoms with van der Waals surface area (Å²) < 4.78 is 7.24. The zero-order valence-corrected chi connectivity index (χ0v) is 21.3. The topological polar surface area (TPSA) is 81.4 Å². The quantitative estimate of drug-likeness (QED) is 0.165. The average Bonchev–Trinajstić information content (AvgIpc) is 3.39. The number of hydrogen-bond donors (Lipinski definition) is 1. The van der Waals surface area contributed by atoms with Gasteiger partial charge in [0, 0.05) is 16.8 Å². The number of benzene rings is 4. The fourth-order valence-electron chi connectivity index (χ4n) is 4.01. The van der Waals surface area contributed by atoms with E-state index in [0.717, 1.165) is 39.0 Å². The van der Waals surface area contributed by atoms with Crippen molar-refractivity contribution in [2.45, 2.75) is 12.1 Å². The molecule has 1 amide bonds. The molecule has 0 atom stereocenters. The molecule has 0 unspecified atom stereocenters. The summed E-state index contributed by atoms with van der Waals surface area (Å²) in [6, 6.07) is 31.7. The first-order valence-electron chi connectivity index (χ1n) is 11.7. The van der Waals surface area contributed by atoms with Crippen LogP contribution in [0.4, 0.5) is 0 Å². The number of methoxy groups -OCH3 is 1. The number of ether oxygens (including phenoxy) is 1. The molecule has 0 saturated carbocycles. The predicted molar refractivity (Wildman–Crippen MR) is 148 cm³/mol. The van der Waals surface area contributed by atoms with Crippen LogP contribution in [0.15, 0.2) is 107 Å². The lowest BCUT2D eigenvalue weighted by molar-refractivity contribution is -0.118. The van der Waals surface area contributed by atoms with Crippen molar-refractivity contribution in [3.63, 3.8) is 0 Å². The van der Waals surface area contributed by atoms with E-state index in [1.807, 2.05) is 90.4 Å². The highest BCUT2D eigenvalue weighted by Gasteiger charge is 2.17. The number of nitrogens with one attached hydrogen (secondary N) is 1. The standard InChI is InChI=1S/C29H25N5O2S/c1-20(25-14-8-12-21-9-6-7-13-26(21)25)30-31-27(35)19-37-29-33-32-28(22-10-4-3-5-11-22)34(29)23-15-17-24(36-2)18-16-23/h3-18H,19H2,1-2H3,(H,31,35)/b30-20+. The van der Waals surface area contributed by atoms with Crippen molar-refractivity contribution >= 4 is 34.2 Å². The van der Waals surface area contributed by atoms with Gasteiger partial charge in [-0.3, -0.25) is 9.36 Å². The van der Waals surface area contributed by atoms with Crippen LogP contribution < -0.4 is 10.2 Å². The van der Waals surface area contributed by atoms with Crippen molar-refractivity contribution in [1.82, 2.24) is 20.2 Å². The second-order valence-electron chi connectivity index (χ2n) is 8.25. The largest absolute Gasteiger partial charge is 0.497 e. The van der Waals surface area contributed by atoms with Crippen LogP contribution >= 0.6 is 11.8 Å². The lowest BCUT2D eigenvalue weighted by Gasteiger charge is -2.11. The number of aromatic nitrogens is 3. The van der Waals surface area contributed by atoms with Gasteiger partial charge in [0.2, 0.25) is 0 Å². The molecule has 0 aliphatic heterocycles. The van der Waals surface area contributed by atoms with E-state index >= 15 is 0 Å². The molecular weight excluding hydrogens is 482 g/mol. The van der Waals surface area contributed by atoms with Crippen LogP contribution in [0.2, 0.25) is 0 Å². The molecular formula is C29H25N5O2S. The van der Waals surface area contributed by atoms with Gasteiger partial charge in [-0.2, -0.15) is 5.10 Å². The maximum atomic E-state index is 12.7. The summed E-state index contributed by atoms with van der Waals surface area (Å²) >= 11 is 1.30. The van der Waals surface area contributed by atoms with Gasteiger partial charge in [-0.05, 0) is 42.0 Å². The normalized spacial score (nSPS) is 11.5. The van der Waals surface area contributed by atoms with Gasteiger partial charge in [0.15, 0.2) is 11.0 Å². The van der Waals surface area contributed by atoms with E-state index in [2.05, 4.69) is 38.9 Å². The van der Waals surface area contributed by atoms with E-state index in [1.165, 1.54) is 11.8 Å². The molecule has 0 saturated heterocycles. The minimum atomic E-state index is -0.227. The maximum Gasteiger partial charge on any atom is 0.250 e. The van der Waals surface area contributed by atoms with Gasteiger partial charge in [0.05, 0.1) is 18.6 Å². The molecule has 0 spiro atoms. The number of carbonyl (C=O) groups is 1. The molecule has 1 aromatic heterocycles. The first kappa shape index (κ1) is 24.3. The molecule has 7 nitrogen and oxygen atoms in total. The lowest BCUT2D eigenvalue weighted by Crippen LogP contribution is -2.21. The van der Waals surface area contributed by atoms with Crippen LogP contribution in [0.25, 0.3) is 27.8 Å². The molecule has 5 aromatic rings. The number of hydrogen-bond acceptors (Lipinski definition) is 6. The maximum absolute atomic E-state index is 12.7. The van der Waals surface area contributed by atoms with Crippen LogP contribution in [0, 0.1) is 0 Å². The van der Waals surface area contributed by atoms with Crippen molar-refractivity contribution in [2.75, 3.05) is 12.9 Å². The van der Waals surface area contributed by atoms with E-state index in [-0.39, 0.29) is 11.7 Å². The van der Waals surface area contributed by atoms with Crippen molar-refractivity contribution in [1.29, 1.82) is 0 Å². The fourth-order valence-corrected chi connectivity index (χ4v) is 4.76. The summed E-state index contributed by atoms with van der Waals surface area (Å²) in [5.74, 6) is 1.36. The van der Waals surface area contributed by atoms with E-state index < -0.39 is 0 Å². The Bertz CT molecular complexity index is 1560. The van der Waals surface area contributed by atoms with Crippen molar-refractivity contribution in [3.05, 3.63) is 103 Å².